The first-order valence-electron chi connectivity index (χ1n) is 6.38. The molecule has 0 aliphatic rings. The molecule has 0 radical (unpaired) electrons. The van der Waals surface area contributed by atoms with Crippen LogP contribution in [-0.4, -0.2) is 11.9 Å². The molecule has 18 heavy (non-hydrogen) atoms. The minimum Gasteiger partial charge on any atom is -0.327 e. The van der Waals surface area contributed by atoms with Gasteiger partial charge in [0.1, 0.15) is 0 Å². The quantitative estimate of drug-likeness (QED) is 0.860. The first kappa shape index (κ1) is 14.7. The number of amides is 1. The summed E-state index contributed by atoms with van der Waals surface area (Å²) in [5.74, 6) is -0.0163. The lowest BCUT2D eigenvalue weighted by atomic mass is 9.87. The molecular weight excluding hydrogens is 224 g/mol. The van der Waals surface area contributed by atoms with Gasteiger partial charge in [0.2, 0.25) is 5.91 Å². The molecule has 1 amide bonds. The van der Waals surface area contributed by atoms with Crippen molar-refractivity contribution < 1.29 is 4.79 Å². The largest absolute Gasteiger partial charge is 0.327 e. The lowest BCUT2D eigenvalue weighted by Crippen LogP contribution is -2.31. The number of hydrogen-bond donors (Lipinski definition) is 2. The molecule has 1 unspecified atom stereocenters. The second-order valence-corrected chi connectivity index (χ2v) is 6.15. The van der Waals surface area contributed by atoms with Crippen LogP contribution in [0.3, 0.4) is 0 Å². The molecule has 1 rings (SSSR count). The summed E-state index contributed by atoms with van der Waals surface area (Å²) >= 11 is 0. The van der Waals surface area contributed by atoms with Gasteiger partial charge in [0.05, 0.1) is 0 Å². The van der Waals surface area contributed by atoms with Crippen molar-refractivity contribution in [1.29, 1.82) is 0 Å². The third-order valence-electron chi connectivity index (χ3n) is 2.62. The predicted octanol–water partition coefficient (Wildman–Crippen LogP) is 3.09. The Morgan fingerprint density at radius 2 is 2.06 bits per heavy atom. The molecule has 1 aromatic rings. The molecule has 0 heterocycles. The number of benzene rings is 1. The van der Waals surface area contributed by atoms with E-state index in [0.29, 0.717) is 6.42 Å². The molecule has 0 saturated carbocycles. The second-order valence-electron chi connectivity index (χ2n) is 6.15. The van der Waals surface area contributed by atoms with Crippen LogP contribution in [0.2, 0.25) is 0 Å². The Kier molecular flexibility index (Phi) is 4.91. The van der Waals surface area contributed by atoms with E-state index in [0.717, 1.165) is 17.7 Å². The third kappa shape index (κ3) is 5.82. The maximum atomic E-state index is 11.8. The standard InChI is InChI=1S/C15H24N2O/c1-11-6-5-7-13(8-11)17-14(18)9-12(16)10-15(2,3)4/h5-8,12H,9-10,16H2,1-4H3,(H,17,18). The van der Waals surface area contributed by atoms with Crippen molar-refractivity contribution in [1.82, 2.24) is 0 Å². The molecule has 0 fully saturated rings. The van der Waals surface area contributed by atoms with Gasteiger partial charge in [-0.15, -0.1) is 0 Å². The molecule has 0 aliphatic heterocycles. The van der Waals surface area contributed by atoms with Gasteiger partial charge < -0.3 is 11.1 Å². The summed E-state index contributed by atoms with van der Waals surface area (Å²) < 4.78 is 0. The van der Waals surface area contributed by atoms with Crippen molar-refractivity contribution in [2.45, 2.75) is 46.6 Å². The number of nitrogens with one attached hydrogen (secondary N) is 1. The third-order valence-corrected chi connectivity index (χ3v) is 2.62. The van der Waals surface area contributed by atoms with Crippen LogP contribution in [0.25, 0.3) is 0 Å². The maximum Gasteiger partial charge on any atom is 0.225 e. The van der Waals surface area contributed by atoms with Crippen molar-refractivity contribution >= 4 is 11.6 Å². The molecule has 1 atom stereocenters. The van der Waals surface area contributed by atoms with E-state index >= 15 is 0 Å². The first-order chi connectivity index (χ1) is 8.26. The van der Waals surface area contributed by atoms with Gasteiger partial charge in [-0.1, -0.05) is 32.9 Å². The van der Waals surface area contributed by atoms with E-state index in [-0.39, 0.29) is 17.4 Å². The van der Waals surface area contributed by atoms with Crippen LogP contribution in [0.5, 0.6) is 0 Å². The fourth-order valence-corrected chi connectivity index (χ4v) is 2.03. The number of hydrogen-bond acceptors (Lipinski definition) is 2. The van der Waals surface area contributed by atoms with Gasteiger partial charge >= 0.3 is 0 Å². The summed E-state index contributed by atoms with van der Waals surface area (Å²) in [6, 6.07) is 7.68. The summed E-state index contributed by atoms with van der Waals surface area (Å²) in [6.07, 6.45) is 1.21. The number of rotatable bonds is 4. The lowest BCUT2D eigenvalue weighted by molar-refractivity contribution is -0.116. The van der Waals surface area contributed by atoms with E-state index in [2.05, 4.69) is 26.1 Å². The summed E-state index contributed by atoms with van der Waals surface area (Å²) in [4.78, 5) is 11.8. The smallest absolute Gasteiger partial charge is 0.225 e. The normalized spacial score (nSPS) is 13.2. The number of carbonyl (C=O) groups is 1. The number of aryl methyl sites for hydroxylation is 1. The zero-order valence-corrected chi connectivity index (χ0v) is 11.8. The molecular formula is C15H24N2O. The summed E-state index contributed by atoms with van der Waals surface area (Å²) in [5.41, 5.74) is 8.11. The Labute approximate surface area is 110 Å². The predicted molar refractivity (Wildman–Crippen MR) is 76.5 cm³/mol. The molecule has 0 saturated heterocycles. The molecule has 100 valence electrons. The molecule has 0 aliphatic carbocycles. The number of nitrogens with two attached hydrogens (primary N) is 1. The van der Waals surface area contributed by atoms with Gasteiger partial charge in [0.25, 0.3) is 0 Å². The number of anilines is 1. The van der Waals surface area contributed by atoms with Gasteiger partial charge in [0, 0.05) is 18.2 Å². The first-order valence-corrected chi connectivity index (χ1v) is 6.38. The molecule has 0 bridgehead atoms. The highest BCUT2D eigenvalue weighted by atomic mass is 16.1. The van der Waals surface area contributed by atoms with Gasteiger partial charge in [-0.05, 0) is 36.5 Å². The highest BCUT2D eigenvalue weighted by Crippen LogP contribution is 2.21. The van der Waals surface area contributed by atoms with Crippen LogP contribution in [0.1, 0.15) is 39.2 Å². The maximum absolute atomic E-state index is 11.8. The Balaban J connectivity index is 2.47. The van der Waals surface area contributed by atoms with Crippen molar-refractivity contribution in [3.8, 4) is 0 Å². The van der Waals surface area contributed by atoms with E-state index < -0.39 is 0 Å². The number of carbonyl (C=O) groups excluding carboxylic acids is 1. The molecule has 0 spiro atoms. The van der Waals surface area contributed by atoms with Crippen LogP contribution in [0.4, 0.5) is 5.69 Å². The van der Waals surface area contributed by atoms with E-state index in [1.54, 1.807) is 0 Å². The van der Waals surface area contributed by atoms with E-state index in [4.69, 9.17) is 5.73 Å². The van der Waals surface area contributed by atoms with E-state index in [1.807, 2.05) is 31.2 Å². The van der Waals surface area contributed by atoms with Gasteiger partial charge in [-0.25, -0.2) is 0 Å². The van der Waals surface area contributed by atoms with Crippen molar-refractivity contribution in [3.05, 3.63) is 29.8 Å². The Morgan fingerprint density at radius 3 is 2.61 bits per heavy atom. The fraction of sp³-hybridized carbons (Fsp3) is 0.533. The van der Waals surface area contributed by atoms with E-state index in [1.165, 1.54) is 0 Å². The van der Waals surface area contributed by atoms with E-state index in [9.17, 15) is 4.79 Å². The molecule has 1 aromatic carbocycles. The average molecular weight is 248 g/mol. The van der Waals surface area contributed by atoms with Gasteiger partial charge in [-0.2, -0.15) is 0 Å². The Bertz CT molecular complexity index is 407. The SMILES string of the molecule is Cc1cccc(NC(=O)CC(N)CC(C)(C)C)c1. The highest BCUT2D eigenvalue weighted by Gasteiger charge is 2.18. The summed E-state index contributed by atoms with van der Waals surface area (Å²) in [5, 5.41) is 2.88. The van der Waals surface area contributed by atoms with Crippen LogP contribution < -0.4 is 11.1 Å². The highest BCUT2D eigenvalue weighted by molar-refractivity contribution is 5.91. The van der Waals surface area contributed by atoms with Crippen molar-refractivity contribution in [2.24, 2.45) is 11.1 Å². The lowest BCUT2D eigenvalue weighted by Gasteiger charge is -2.22. The zero-order valence-electron chi connectivity index (χ0n) is 11.8. The topological polar surface area (TPSA) is 55.1 Å². The van der Waals surface area contributed by atoms with Crippen molar-refractivity contribution in [2.75, 3.05) is 5.32 Å². The van der Waals surface area contributed by atoms with Crippen molar-refractivity contribution in [3.63, 3.8) is 0 Å². The molecule has 3 heteroatoms. The zero-order chi connectivity index (χ0) is 13.8. The average Bonchev–Trinajstić information content (AvgIpc) is 2.13. The Morgan fingerprint density at radius 1 is 1.39 bits per heavy atom. The van der Waals surface area contributed by atoms with Crippen LogP contribution in [-0.2, 0) is 4.79 Å². The molecule has 0 aromatic heterocycles. The minimum absolute atomic E-state index is 0.0163. The van der Waals surface area contributed by atoms with Gasteiger partial charge in [-0.3, -0.25) is 4.79 Å². The second kappa shape index (κ2) is 6.01. The fourth-order valence-electron chi connectivity index (χ4n) is 2.03. The molecule has 3 N–H and O–H groups in total. The van der Waals surface area contributed by atoms with Gasteiger partial charge in [0.15, 0.2) is 0 Å². The monoisotopic (exact) mass is 248 g/mol. The Hall–Kier alpha value is -1.35. The van der Waals surface area contributed by atoms with Crippen LogP contribution >= 0.6 is 0 Å². The van der Waals surface area contributed by atoms with Crippen LogP contribution in [0, 0.1) is 12.3 Å². The van der Waals surface area contributed by atoms with Crippen LogP contribution in [0.15, 0.2) is 24.3 Å². The minimum atomic E-state index is -0.0881. The molecule has 3 nitrogen and oxygen atoms in total. The summed E-state index contributed by atoms with van der Waals surface area (Å²) in [7, 11) is 0. The summed E-state index contributed by atoms with van der Waals surface area (Å²) in [6.45, 7) is 8.39.